The third-order valence-corrected chi connectivity index (χ3v) is 5.36. The second kappa shape index (κ2) is 8.46. The monoisotopic (exact) mass is 387 g/mol. The Bertz CT molecular complexity index is 948. The summed E-state index contributed by atoms with van der Waals surface area (Å²) in [4.78, 5) is 35.6. The standard InChI is InChI=1S/C21H25NO6/c1-3-12(2)19(20(24)25)22-18(23)11-27-13-8-9-15-14-6-4-5-7-16(14)21(26)28-17(15)10-13/h8-10,12,19H,3-7,11H2,1-2H3,(H,22,23)(H,24,25). The van der Waals surface area contributed by atoms with Crippen molar-refractivity contribution in [2.24, 2.45) is 5.92 Å². The molecule has 1 aromatic carbocycles. The average Bonchev–Trinajstić information content (AvgIpc) is 2.69. The number of fused-ring (bicyclic) bond motifs is 3. The van der Waals surface area contributed by atoms with E-state index in [1.54, 1.807) is 19.1 Å². The fourth-order valence-corrected chi connectivity index (χ4v) is 3.56. The number of carbonyl (C=O) groups excluding carboxylic acids is 1. The zero-order valence-corrected chi connectivity index (χ0v) is 16.1. The van der Waals surface area contributed by atoms with Gasteiger partial charge in [-0.15, -0.1) is 0 Å². The normalized spacial score (nSPS) is 15.5. The van der Waals surface area contributed by atoms with Gasteiger partial charge in [-0.25, -0.2) is 9.59 Å². The number of nitrogens with one attached hydrogen (secondary N) is 1. The van der Waals surface area contributed by atoms with E-state index in [0.717, 1.165) is 42.2 Å². The molecule has 7 nitrogen and oxygen atoms in total. The van der Waals surface area contributed by atoms with E-state index >= 15 is 0 Å². The first-order chi connectivity index (χ1) is 13.4. The number of aliphatic carboxylic acids is 1. The Labute approximate surface area is 162 Å². The Kier molecular flexibility index (Phi) is 6.02. The van der Waals surface area contributed by atoms with Crippen molar-refractivity contribution in [1.29, 1.82) is 0 Å². The van der Waals surface area contributed by atoms with Gasteiger partial charge < -0.3 is 19.6 Å². The van der Waals surface area contributed by atoms with Crippen LogP contribution in [0.2, 0.25) is 0 Å². The maximum atomic E-state index is 12.2. The van der Waals surface area contributed by atoms with Crippen LogP contribution in [0, 0.1) is 5.92 Å². The number of amides is 1. The van der Waals surface area contributed by atoms with Gasteiger partial charge in [0.2, 0.25) is 0 Å². The summed E-state index contributed by atoms with van der Waals surface area (Å²) in [5, 5.41) is 12.6. The summed E-state index contributed by atoms with van der Waals surface area (Å²) < 4.78 is 10.9. The number of benzene rings is 1. The van der Waals surface area contributed by atoms with Crippen molar-refractivity contribution in [1.82, 2.24) is 5.32 Å². The zero-order valence-electron chi connectivity index (χ0n) is 16.1. The average molecular weight is 387 g/mol. The SMILES string of the molecule is CCC(C)C(NC(=O)COc1ccc2c3c(c(=O)oc2c1)CCCC3)C(=O)O. The predicted molar refractivity (Wildman–Crippen MR) is 104 cm³/mol. The van der Waals surface area contributed by atoms with E-state index < -0.39 is 17.9 Å². The summed E-state index contributed by atoms with van der Waals surface area (Å²) in [7, 11) is 0. The minimum atomic E-state index is -1.07. The van der Waals surface area contributed by atoms with Gasteiger partial charge >= 0.3 is 11.6 Å². The molecule has 0 saturated heterocycles. The first kappa shape index (κ1) is 19.9. The molecule has 2 N–H and O–H groups in total. The molecule has 28 heavy (non-hydrogen) atoms. The van der Waals surface area contributed by atoms with E-state index in [4.69, 9.17) is 9.15 Å². The quantitative estimate of drug-likeness (QED) is 0.708. The number of rotatable bonds is 7. The van der Waals surface area contributed by atoms with Crippen molar-refractivity contribution < 1.29 is 23.8 Å². The van der Waals surface area contributed by atoms with E-state index in [0.29, 0.717) is 17.8 Å². The molecule has 3 rings (SSSR count). The molecule has 0 spiro atoms. The first-order valence-corrected chi connectivity index (χ1v) is 9.64. The Hall–Kier alpha value is -2.83. The maximum absolute atomic E-state index is 12.2. The van der Waals surface area contributed by atoms with Crippen molar-refractivity contribution in [3.05, 3.63) is 39.7 Å². The molecule has 7 heteroatoms. The Balaban J connectivity index is 1.72. The highest BCUT2D eigenvalue weighted by atomic mass is 16.5. The molecule has 0 saturated carbocycles. The van der Waals surface area contributed by atoms with Gasteiger partial charge in [0.25, 0.3) is 5.91 Å². The highest BCUT2D eigenvalue weighted by Crippen LogP contribution is 2.29. The third-order valence-electron chi connectivity index (χ3n) is 5.36. The number of carboxylic acid groups (broad SMARTS) is 1. The number of carboxylic acids is 1. The molecule has 2 unspecified atom stereocenters. The van der Waals surface area contributed by atoms with Crippen LogP contribution in [0.1, 0.15) is 44.2 Å². The molecule has 0 fully saturated rings. The van der Waals surface area contributed by atoms with E-state index in [-0.39, 0.29) is 18.2 Å². The molecule has 1 aliphatic carbocycles. The topological polar surface area (TPSA) is 106 Å². The number of ether oxygens (including phenoxy) is 1. The van der Waals surface area contributed by atoms with Crippen LogP contribution < -0.4 is 15.7 Å². The summed E-state index contributed by atoms with van der Waals surface area (Å²) in [6.07, 6.45) is 4.27. The van der Waals surface area contributed by atoms with Gasteiger partial charge in [0.05, 0.1) is 0 Å². The largest absolute Gasteiger partial charge is 0.484 e. The Morgan fingerprint density at radius 1 is 1.25 bits per heavy atom. The lowest BCUT2D eigenvalue weighted by Gasteiger charge is -2.20. The van der Waals surface area contributed by atoms with E-state index in [1.807, 2.05) is 13.0 Å². The van der Waals surface area contributed by atoms with Gasteiger partial charge in [0.15, 0.2) is 6.61 Å². The molecule has 0 aliphatic heterocycles. The van der Waals surface area contributed by atoms with Crippen LogP contribution >= 0.6 is 0 Å². The van der Waals surface area contributed by atoms with E-state index in [2.05, 4.69) is 5.32 Å². The number of hydrogen-bond acceptors (Lipinski definition) is 5. The van der Waals surface area contributed by atoms with Gasteiger partial charge in [-0.2, -0.15) is 0 Å². The highest BCUT2D eigenvalue weighted by molar-refractivity contribution is 5.85. The zero-order chi connectivity index (χ0) is 20.3. The van der Waals surface area contributed by atoms with Gasteiger partial charge in [0.1, 0.15) is 17.4 Å². The third kappa shape index (κ3) is 4.18. The fraction of sp³-hybridized carbons (Fsp3) is 0.476. The van der Waals surface area contributed by atoms with E-state index in [1.165, 1.54) is 0 Å². The molecule has 2 atom stereocenters. The van der Waals surface area contributed by atoms with Gasteiger partial charge in [-0.05, 0) is 49.3 Å². The minimum absolute atomic E-state index is 0.192. The minimum Gasteiger partial charge on any atom is -0.484 e. The lowest BCUT2D eigenvalue weighted by molar-refractivity contribution is -0.143. The molecule has 1 aromatic heterocycles. The van der Waals surface area contributed by atoms with Crippen LogP contribution in [0.4, 0.5) is 0 Å². The summed E-state index contributed by atoms with van der Waals surface area (Å²) in [5.41, 5.74) is 1.93. The molecule has 0 bridgehead atoms. The van der Waals surface area contributed by atoms with Crippen LogP contribution in [0.3, 0.4) is 0 Å². The smallest absolute Gasteiger partial charge is 0.339 e. The van der Waals surface area contributed by atoms with Crippen molar-refractivity contribution in [2.75, 3.05) is 6.61 Å². The molecule has 2 aromatic rings. The lowest BCUT2D eigenvalue weighted by atomic mass is 9.91. The Morgan fingerprint density at radius 2 is 1.96 bits per heavy atom. The summed E-state index contributed by atoms with van der Waals surface area (Å²) in [6.45, 7) is 3.32. The van der Waals surface area contributed by atoms with Crippen molar-refractivity contribution in [3.63, 3.8) is 0 Å². The number of hydrogen-bond donors (Lipinski definition) is 2. The van der Waals surface area contributed by atoms with Crippen molar-refractivity contribution in [2.45, 2.75) is 52.0 Å². The maximum Gasteiger partial charge on any atom is 0.339 e. The van der Waals surface area contributed by atoms with Crippen LogP contribution in [-0.4, -0.2) is 29.6 Å². The van der Waals surface area contributed by atoms with Gasteiger partial charge in [-0.1, -0.05) is 20.3 Å². The molecule has 150 valence electrons. The highest BCUT2D eigenvalue weighted by Gasteiger charge is 2.25. The predicted octanol–water partition coefficient (Wildman–Crippen LogP) is 2.67. The molecule has 1 aliphatic rings. The lowest BCUT2D eigenvalue weighted by Crippen LogP contribution is -2.46. The summed E-state index contributed by atoms with van der Waals surface area (Å²) in [6, 6.07) is 4.22. The molecule has 0 radical (unpaired) electrons. The molecule has 1 amide bonds. The van der Waals surface area contributed by atoms with Gasteiger partial charge in [-0.3, -0.25) is 4.79 Å². The van der Waals surface area contributed by atoms with Crippen molar-refractivity contribution in [3.8, 4) is 5.75 Å². The summed E-state index contributed by atoms with van der Waals surface area (Å²) >= 11 is 0. The van der Waals surface area contributed by atoms with Crippen LogP contribution in [-0.2, 0) is 22.4 Å². The van der Waals surface area contributed by atoms with Crippen molar-refractivity contribution >= 4 is 22.8 Å². The molecule has 1 heterocycles. The van der Waals surface area contributed by atoms with E-state index in [9.17, 15) is 19.5 Å². The first-order valence-electron chi connectivity index (χ1n) is 9.64. The molecular formula is C21H25NO6. The number of carbonyl (C=O) groups is 2. The van der Waals surface area contributed by atoms with Crippen LogP contribution in [0.5, 0.6) is 5.75 Å². The second-order valence-corrected chi connectivity index (χ2v) is 7.27. The number of aryl methyl sites for hydroxylation is 1. The summed E-state index contributed by atoms with van der Waals surface area (Å²) in [5.74, 6) is -1.39. The van der Waals surface area contributed by atoms with Crippen LogP contribution in [0.25, 0.3) is 11.0 Å². The second-order valence-electron chi connectivity index (χ2n) is 7.27. The Morgan fingerprint density at radius 3 is 2.64 bits per heavy atom. The van der Waals surface area contributed by atoms with Gasteiger partial charge in [0, 0.05) is 17.0 Å². The molecular weight excluding hydrogens is 362 g/mol. The van der Waals surface area contributed by atoms with Crippen LogP contribution in [0.15, 0.2) is 27.4 Å². The fourth-order valence-electron chi connectivity index (χ4n) is 3.56.